The summed E-state index contributed by atoms with van der Waals surface area (Å²) in [5.74, 6) is -1.45. The number of nitrogens with zero attached hydrogens (tertiary/aromatic N) is 1. The molecule has 2 rings (SSSR count). The van der Waals surface area contributed by atoms with E-state index in [2.05, 4.69) is 19.9 Å². The third-order valence-corrected chi connectivity index (χ3v) is 6.18. The van der Waals surface area contributed by atoms with Crippen LogP contribution in [0.4, 0.5) is 0 Å². The van der Waals surface area contributed by atoms with Crippen LogP contribution in [0.5, 0.6) is 0 Å². The molecule has 0 N–H and O–H groups in total. The highest BCUT2D eigenvalue weighted by molar-refractivity contribution is 5.79. The number of hydrogen-bond acceptors (Lipinski definition) is 6. The van der Waals surface area contributed by atoms with Gasteiger partial charge in [-0.05, 0) is 73.0 Å². The molecular weight excluding hydrogens is 382 g/mol. The van der Waals surface area contributed by atoms with Gasteiger partial charge < -0.3 is 14.4 Å². The first kappa shape index (κ1) is 24.3. The van der Waals surface area contributed by atoms with Crippen molar-refractivity contribution in [2.75, 3.05) is 20.6 Å². The van der Waals surface area contributed by atoms with Crippen molar-refractivity contribution in [3.63, 3.8) is 0 Å². The lowest BCUT2D eigenvalue weighted by molar-refractivity contribution is -0.152. The molecule has 1 saturated heterocycles. The molecule has 0 saturated carbocycles. The highest BCUT2D eigenvalue weighted by Gasteiger charge is 2.46. The number of hydrogen-bond donors (Lipinski definition) is 0. The molecule has 0 aromatic carbocycles. The van der Waals surface area contributed by atoms with Gasteiger partial charge >= 0.3 is 11.9 Å². The monoisotopic (exact) mass is 419 g/mol. The van der Waals surface area contributed by atoms with E-state index in [4.69, 9.17) is 9.47 Å². The molecular formula is C24H37NO5. The molecule has 0 aromatic heterocycles. The zero-order valence-corrected chi connectivity index (χ0v) is 19.3. The quantitative estimate of drug-likeness (QED) is 0.511. The van der Waals surface area contributed by atoms with Gasteiger partial charge in [0, 0.05) is 19.4 Å². The molecule has 168 valence electrons. The zero-order chi connectivity index (χ0) is 22.4. The standard InChI is InChI=1S/C24H37NO5/c1-15-8-7-9-16(2)12-22-20(21(14-25(5)6)24(28)30-22)13-23(29-18(4)27)19(11-10-15)17(3)26/h8,12,19-23H,7,9-11,13-14H2,1-6H3/b15-8+,16-12+/t19-,20+,21-,22+,23+/m1/s1. The fraction of sp³-hybridized carbons (Fsp3) is 0.708. The molecule has 0 bridgehead atoms. The van der Waals surface area contributed by atoms with E-state index in [0.717, 1.165) is 19.3 Å². The van der Waals surface area contributed by atoms with Gasteiger partial charge in [0.05, 0.1) is 11.8 Å². The smallest absolute Gasteiger partial charge is 0.311 e. The summed E-state index contributed by atoms with van der Waals surface area (Å²) in [5.41, 5.74) is 2.42. The molecule has 1 aliphatic heterocycles. The summed E-state index contributed by atoms with van der Waals surface area (Å²) in [7, 11) is 3.86. The largest absolute Gasteiger partial charge is 0.462 e. The van der Waals surface area contributed by atoms with E-state index in [1.54, 1.807) is 6.92 Å². The maximum absolute atomic E-state index is 12.7. The topological polar surface area (TPSA) is 72.9 Å². The number of esters is 2. The summed E-state index contributed by atoms with van der Waals surface area (Å²) < 4.78 is 11.5. The Morgan fingerprint density at radius 1 is 1.17 bits per heavy atom. The van der Waals surface area contributed by atoms with Crippen LogP contribution in [0.25, 0.3) is 0 Å². The first-order chi connectivity index (χ1) is 14.1. The summed E-state index contributed by atoms with van der Waals surface area (Å²) in [5, 5.41) is 0. The number of ether oxygens (including phenoxy) is 2. The minimum atomic E-state index is -0.561. The van der Waals surface area contributed by atoms with Crippen molar-refractivity contribution >= 4 is 17.7 Å². The van der Waals surface area contributed by atoms with Crippen LogP contribution in [0.2, 0.25) is 0 Å². The summed E-state index contributed by atoms with van der Waals surface area (Å²) in [4.78, 5) is 39.1. The molecule has 5 atom stereocenters. The number of allylic oxidation sites excluding steroid dienone is 3. The van der Waals surface area contributed by atoms with Crippen molar-refractivity contribution in [2.24, 2.45) is 17.8 Å². The van der Waals surface area contributed by atoms with Crippen LogP contribution in [-0.4, -0.2) is 55.5 Å². The van der Waals surface area contributed by atoms with E-state index >= 15 is 0 Å². The number of carbonyl (C=O) groups is 3. The Bertz CT molecular complexity index is 708. The average molecular weight is 420 g/mol. The number of carbonyl (C=O) groups excluding carboxylic acids is 3. The van der Waals surface area contributed by atoms with Gasteiger partial charge in [-0.3, -0.25) is 14.4 Å². The first-order valence-corrected chi connectivity index (χ1v) is 10.9. The molecule has 0 radical (unpaired) electrons. The number of ketones is 1. The van der Waals surface area contributed by atoms with Crippen LogP contribution < -0.4 is 0 Å². The lowest BCUT2D eigenvalue weighted by Gasteiger charge is -2.30. The lowest BCUT2D eigenvalue weighted by Crippen LogP contribution is -2.38. The van der Waals surface area contributed by atoms with Gasteiger partial charge in [0.15, 0.2) is 0 Å². The third-order valence-electron chi connectivity index (χ3n) is 6.18. The van der Waals surface area contributed by atoms with Gasteiger partial charge in [-0.1, -0.05) is 17.2 Å². The number of fused-ring (bicyclic) bond motifs is 1. The molecule has 6 heteroatoms. The zero-order valence-electron chi connectivity index (χ0n) is 19.3. The first-order valence-electron chi connectivity index (χ1n) is 10.9. The lowest BCUT2D eigenvalue weighted by atomic mass is 9.79. The molecule has 0 amide bonds. The van der Waals surface area contributed by atoms with Crippen molar-refractivity contribution in [1.82, 2.24) is 4.90 Å². The van der Waals surface area contributed by atoms with Crippen molar-refractivity contribution < 1.29 is 23.9 Å². The van der Waals surface area contributed by atoms with Gasteiger partial charge in [-0.15, -0.1) is 0 Å². The Morgan fingerprint density at radius 3 is 2.47 bits per heavy atom. The van der Waals surface area contributed by atoms with Crippen LogP contribution >= 0.6 is 0 Å². The second kappa shape index (κ2) is 10.9. The normalized spacial score (nSPS) is 34.2. The Hall–Kier alpha value is -1.95. The molecule has 0 spiro atoms. The van der Waals surface area contributed by atoms with Crippen molar-refractivity contribution in [2.45, 2.75) is 72.0 Å². The van der Waals surface area contributed by atoms with Crippen LogP contribution in [0.15, 0.2) is 23.3 Å². The molecule has 30 heavy (non-hydrogen) atoms. The van der Waals surface area contributed by atoms with Gasteiger partial charge in [-0.25, -0.2) is 0 Å². The van der Waals surface area contributed by atoms with Gasteiger partial charge in [-0.2, -0.15) is 0 Å². The van der Waals surface area contributed by atoms with Crippen LogP contribution in [-0.2, 0) is 23.9 Å². The van der Waals surface area contributed by atoms with Crippen LogP contribution in [0.3, 0.4) is 0 Å². The Kier molecular flexibility index (Phi) is 8.83. The molecule has 1 aliphatic carbocycles. The van der Waals surface area contributed by atoms with E-state index in [-0.39, 0.29) is 35.6 Å². The predicted molar refractivity (Wildman–Crippen MR) is 116 cm³/mol. The van der Waals surface area contributed by atoms with E-state index in [1.165, 1.54) is 18.1 Å². The van der Waals surface area contributed by atoms with E-state index < -0.39 is 12.1 Å². The van der Waals surface area contributed by atoms with E-state index in [1.807, 2.05) is 25.1 Å². The molecule has 0 unspecified atom stereocenters. The molecule has 0 aromatic rings. The van der Waals surface area contributed by atoms with E-state index in [9.17, 15) is 14.4 Å². The summed E-state index contributed by atoms with van der Waals surface area (Å²) >= 11 is 0. The second-order valence-electron chi connectivity index (χ2n) is 9.18. The maximum Gasteiger partial charge on any atom is 0.311 e. The molecule has 1 fully saturated rings. The maximum atomic E-state index is 12.7. The van der Waals surface area contributed by atoms with Crippen LogP contribution in [0, 0.1) is 17.8 Å². The Balaban J connectivity index is 2.45. The van der Waals surface area contributed by atoms with Crippen molar-refractivity contribution in [1.29, 1.82) is 0 Å². The minimum absolute atomic E-state index is 0.0154. The van der Waals surface area contributed by atoms with Crippen molar-refractivity contribution in [3.05, 3.63) is 23.3 Å². The molecule has 6 nitrogen and oxygen atoms in total. The fourth-order valence-electron chi connectivity index (χ4n) is 4.59. The minimum Gasteiger partial charge on any atom is -0.462 e. The van der Waals surface area contributed by atoms with E-state index in [0.29, 0.717) is 19.4 Å². The predicted octanol–water partition coefficient (Wildman–Crippen LogP) is 3.70. The highest BCUT2D eigenvalue weighted by atomic mass is 16.6. The van der Waals surface area contributed by atoms with Crippen LogP contribution in [0.1, 0.15) is 59.8 Å². The number of rotatable bonds is 4. The molecule has 1 heterocycles. The third kappa shape index (κ3) is 6.79. The van der Waals surface area contributed by atoms with Gasteiger partial charge in [0.2, 0.25) is 0 Å². The summed E-state index contributed by atoms with van der Waals surface area (Å²) in [6, 6.07) is 0. The number of Topliss-reactive ketones (excluding diaryl/α,β-unsaturated/α-hetero) is 1. The Morgan fingerprint density at radius 2 is 1.87 bits per heavy atom. The summed E-state index contributed by atoms with van der Waals surface area (Å²) in [6.45, 7) is 7.65. The fourth-order valence-corrected chi connectivity index (χ4v) is 4.59. The molecule has 2 aliphatic rings. The summed E-state index contributed by atoms with van der Waals surface area (Å²) in [6.07, 6.45) is 7.01. The Labute approximate surface area is 180 Å². The second-order valence-corrected chi connectivity index (χ2v) is 9.18. The van der Waals surface area contributed by atoms with Crippen molar-refractivity contribution in [3.8, 4) is 0 Å². The highest BCUT2D eigenvalue weighted by Crippen LogP contribution is 2.37. The average Bonchev–Trinajstić information content (AvgIpc) is 2.88. The van der Waals surface area contributed by atoms with Gasteiger partial charge in [0.25, 0.3) is 0 Å². The SMILES string of the molecule is CC(=O)O[C@H]1C[C@@H]2[C@H](/C=C(\C)CC/C=C(\C)CC[C@@H]1C(C)=O)OC(=O)[C@@H]2CN(C)C. The van der Waals surface area contributed by atoms with Gasteiger partial charge in [0.1, 0.15) is 18.0 Å².